The van der Waals surface area contributed by atoms with Crippen LogP contribution in [0.4, 0.5) is 11.4 Å². The molecule has 0 radical (unpaired) electrons. The van der Waals surface area contributed by atoms with Gasteiger partial charge in [-0.3, -0.25) is 9.78 Å². The van der Waals surface area contributed by atoms with Crippen LogP contribution < -0.4 is 5.32 Å². The topological polar surface area (TPSA) is 45.2 Å². The summed E-state index contributed by atoms with van der Waals surface area (Å²) in [5.74, 6) is 0.0412. The Hall–Kier alpha value is -1.88. The van der Waals surface area contributed by atoms with Crippen molar-refractivity contribution in [3.8, 4) is 0 Å². The van der Waals surface area contributed by atoms with E-state index in [1.165, 1.54) is 6.42 Å². The molecule has 1 aliphatic rings. The van der Waals surface area contributed by atoms with Crippen LogP contribution in [0.1, 0.15) is 43.1 Å². The van der Waals surface area contributed by atoms with Crippen LogP contribution >= 0.6 is 15.9 Å². The van der Waals surface area contributed by atoms with Gasteiger partial charge in [0.25, 0.3) is 5.91 Å². The maximum absolute atomic E-state index is 12.9. The summed E-state index contributed by atoms with van der Waals surface area (Å²) in [6, 6.07) is 12.0. The minimum Gasteiger partial charge on any atom is -0.355 e. The zero-order valence-electron chi connectivity index (χ0n) is 13.8. The maximum Gasteiger partial charge on any atom is 0.272 e. The number of aromatic nitrogens is 1. The Morgan fingerprint density at radius 1 is 1.29 bits per heavy atom. The van der Waals surface area contributed by atoms with Crippen LogP contribution in [0.15, 0.2) is 47.1 Å². The number of halogens is 1. The van der Waals surface area contributed by atoms with Crippen LogP contribution in [0.2, 0.25) is 0 Å². The first kappa shape index (κ1) is 17.0. The van der Waals surface area contributed by atoms with Gasteiger partial charge in [0.15, 0.2) is 0 Å². The largest absolute Gasteiger partial charge is 0.355 e. The Balaban J connectivity index is 1.78. The molecule has 4 nitrogen and oxygen atoms in total. The Morgan fingerprint density at radius 2 is 2.12 bits per heavy atom. The molecule has 1 aromatic heterocycles. The fraction of sp³-hybridized carbons (Fsp3) is 0.368. The highest BCUT2D eigenvalue weighted by Gasteiger charge is 2.26. The van der Waals surface area contributed by atoms with Crippen molar-refractivity contribution in [3.63, 3.8) is 0 Å². The lowest BCUT2D eigenvalue weighted by molar-refractivity contribution is 0.0602. The number of rotatable bonds is 4. The van der Waals surface area contributed by atoms with E-state index in [0.717, 1.165) is 41.7 Å². The lowest BCUT2D eigenvalue weighted by Crippen LogP contribution is -2.43. The normalized spacial score (nSPS) is 17.6. The number of carbonyl (C=O) groups is 1. The number of pyridine rings is 1. The van der Waals surface area contributed by atoms with Gasteiger partial charge in [0.2, 0.25) is 0 Å². The van der Waals surface area contributed by atoms with Gasteiger partial charge in [-0.15, -0.1) is 0 Å². The van der Waals surface area contributed by atoms with Gasteiger partial charge in [-0.1, -0.05) is 28.9 Å². The van der Waals surface area contributed by atoms with Gasteiger partial charge in [-0.25, -0.2) is 0 Å². The van der Waals surface area contributed by atoms with Crippen molar-refractivity contribution >= 4 is 33.2 Å². The molecule has 1 atom stereocenters. The lowest BCUT2D eigenvalue weighted by Gasteiger charge is -2.35. The van der Waals surface area contributed by atoms with E-state index in [0.29, 0.717) is 11.7 Å². The number of piperidine rings is 1. The number of nitrogens with zero attached hydrogens (tertiary/aromatic N) is 2. The van der Waals surface area contributed by atoms with Gasteiger partial charge < -0.3 is 10.2 Å². The van der Waals surface area contributed by atoms with Gasteiger partial charge in [0.05, 0.1) is 0 Å². The smallest absolute Gasteiger partial charge is 0.272 e. The third-order valence-corrected chi connectivity index (χ3v) is 4.94. The number of hydrogen-bond acceptors (Lipinski definition) is 3. The molecule has 1 unspecified atom stereocenters. The molecule has 126 valence electrons. The Kier molecular flexibility index (Phi) is 5.51. The number of carbonyl (C=O) groups excluding carboxylic acids is 1. The van der Waals surface area contributed by atoms with E-state index in [-0.39, 0.29) is 5.91 Å². The van der Waals surface area contributed by atoms with Gasteiger partial charge in [0, 0.05) is 34.6 Å². The van der Waals surface area contributed by atoms with Gasteiger partial charge in [-0.05, 0) is 56.0 Å². The van der Waals surface area contributed by atoms with E-state index >= 15 is 0 Å². The summed E-state index contributed by atoms with van der Waals surface area (Å²) in [6.45, 7) is 2.98. The summed E-state index contributed by atoms with van der Waals surface area (Å²) in [5.41, 5.74) is 2.35. The first-order valence-corrected chi connectivity index (χ1v) is 9.26. The van der Waals surface area contributed by atoms with Gasteiger partial charge in [-0.2, -0.15) is 0 Å². The van der Waals surface area contributed by atoms with Crippen LogP contribution in [0.3, 0.4) is 0 Å². The highest BCUT2D eigenvalue weighted by molar-refractivity contribution is 9.10. The predicted octanol–water partition coefficient (Wildman–Crippen LogP) is 4.99. The Bertz CT molecular complexity index is 719. The number of likely N-dealkylation sites (tertiary alicyclic amines) is 1. The second kappa shape index (κ2) is 7.79. The number of nitrogens with one attached hydrogen (secondary N) is 1. The van der Waals surface area contributed by atoms with Crippen molar-refractivity contribution in [3.05, 3.63) is 52.8 Å². The number of anilines is 2. The zero-order valence-corrected chi connectivity index (χ0v) is 15.4. The molecule has 2 heterocycles. The molecule has 1 amide bonds. The van der Waals surface area contributed by atoms with Crippen molar-refractivity contribution in [1.82, 2.24) is 9.88 Å². The molecule has 2 aromatic rings. The first-order chi connectivity index (χ1) is 11.7. The molecule has 1 N–H and O–H groups in total. The van der Waals surface area contributed by atoms with Gasteiger partial charge >= 0.3 is 0 Å². The van der Waals surface area contributed by atoms with Crippen molar-refractivity contribution in [1.29, 1.82) is 0 Å². The summed E-state index contributed by atoms with van der Waals surface area (Å²) < 4.78 is 1.01. The Labute approximate surface area is 151 Å². The van der Waals surface area contributed by atoms with E-state index in [1.54, 1.807) is 6.20 Å². The van der Waals surface area contributed by atoms with Crippen LogP contribution in [0.25, 0.3) is 0 Å². The molecule has 1 aliphatic heterocycles. The molecule has 24 heavy (non-hydrogen) atoms. The second-order valence-electron chi connectivity index (χ2n) is 6.12. The highest BCUT2D eigenvalue weighted by Crippen LogP contribution is 2.24. The van der Waals surface area contributed by atoms with E-state index in [2.05, 4.69) is 33.2 Å². The predicted molar refractivity (Wildman–Crippen MR) is 101 cm³/mol. The van der Waals surface area contributed by atoms with E-state index in [9.17, 15) is 4.79 Å². The first-order valence-electron chi connectivity index (χ1n) is 8.47. The van der Waals surface area contributed by atoms with E-state index in [4.69, 9.17) is 0 Å². The van der Waals surface area contributed by atoms with Crippen molar-refractivity contribution in [2.24, 2.45) is 0 Å². The molecule has 1 saturated heterocycles. The molecule has 1 aromatic carbocycles. The summed E-state index contributed by atoms with van der Waals surface area (Å²) in [4.78, 5) is 19.2. The molecule has 0 aliphatic carbocycles. The molecule has 1 fully saturated rings. The zero-order chi connectivity index (χ0) is 16.9. The minimum atomic E-state index is 0.0412. The van der Waals surface area contributed by atoms with E-state index in [1.807, 2.05) is 41.3 Å². The minimum absolute atomic E-state index is 0.0412. The van der Waals surface area contributed by atoms with Crippen LogP contribution in [0, 0.1) is 0 Å². The quantitative estimate of drug-likeness (QED) is 0.803. The molecule has 5 heteroatoms. The van der Waals surface area contributed by atoms with Gasteiger partial charge in [0.1, 0.15) is 5.69 Å². The monoisotopic (exact) mass is 387 g/mol. The lowest BCUT2D eigenvalue weighted by atomic mass is 9.99. The molecular weight excluding hydrogens is 366 g/mol. The Morgan fingerprint density at radius 3 is 2.92 bits per heavy atom. The highest BCUT2D eigenvalue weighted by atomic mass is 79.9. The summed E-state index contributed by atoms with van der Waals surface area (Å²) >= 11 is 3.47. The molecule has 3 rings (SSSR count). The van der Waals surface area contributed by atoms with Crippen LogP contribution in [-0.4, -0.2) is 28.4 Å². The molecular formula is C19H22BrN3O. The summed E-state index contributed by atoms with van der Waals surface area (Å²) in [6.07, 6.45) is 6.08. The fourth-order valence-electron chi connectivity index (χ4n) is 3.20. The standard InChI is InChI=1S/C19H22BrN3O/c1-2-17-8-3-4-11-23(17)19(24)18-13-16(9-10-21-18)22-15-7-5-6-14(20)12-15/h5-7,9-10,12-13,17H,2-4,8,11H2,1H3,(H,21,22). The average Bonchev–Trinajstić information content (AvgIpc) is 2.61. The molecule has 0 saturated carbocycles. The maximum atomic E-state index is 12.9. The third kappa shape index (κ3) is 3.96. The number of benzene rings is 1. The fourth-order valence-corrected chi connectivity index (χ4v) is 3.60. The molecule has 0 bridgehead atoms. The van der Waals surface area contributed by atoms with Crippen LogP contribution in [-0.2, 0) is 0 Å². The summed E-state index contributed by atoms with van der Waals surface area (Å²) in [5, 5.41) is 3.33. The van der Waals surface area contributed by atoms with Crippen molar-refractivity contribution in [2.45, 2.75) is 38.6 Å². The average molecular weight is 388 g/mol. The van der Waals surface area contributed by atoms with Crippen LogP contribution in [0.5, 0.6) is 0 Å². The summed E-state index contributed by atoms with van der Waals surface area (Å²) in [7, 11) is 0. The van der Waals surface area contributed by atoms with Crippen molar-refractivity contribution in [2.75, 3.05) is 11.9 Å². The molecule has 0 spiro atoms. The number of hydrogen-bond donors (Lipinski definition) is 1. The van der Waals surface area contributed by atoms with E-state index < -0.39 is 0 Å². The second-order valence-corrected chi connectivity index (χ2v) is 7.04. The van der Waals surface area contributed by atoms with Crippen molar-refractivity contribution < 1.29 is 4.79 Å². The third-order valence-electron chi connectivity index (χ3n) is 4.45. The SMILES string of the molecule is CCC1CCCCN1C(=O)c1cc(Nc2cccc(Br)c2)ccn1. The number of amides is 1.